The van der Waals surface area contributed by atoms with Crippen LogP contribution in [0.2, 0.25) is 0 Å². The first-order valence-corrected chi connectivity index (χ1v) is 5.42. The quantitative estimate of drug-likeness (QED) is 0.720. The average molecular weight is 223 g/mol. The predicted molar refractivity (Wildman–Crippen MR) is 67.3 cm³/mol. The molecule has 0 unspecified atom stereocenters. The van der Waals surface area contributed by atoms with E-state index in [0.29, 0.717) is 6.01 Å². The number of aromatic nitrogens is 1. The number of nitrogens with zero attached hydrogens (tertiary/aromatic N) is 1. The molecule has 1 aromatic heterocycles. The van der Waals surface area contributed by atoms with E-state index in [1.807, 2.05) is 43.3 Å². The zero-order valence-electron chi connectivity index (χ0n) is 9.40. The lowest BCUT2D eigenvalue weighted by atomic mass is 10.2. The van der Waals surface area contributed by atoms with Gasteiger partial charge in [-0.25, -0.2) is 0 Å². The average Bonchev–Trinajstić information content (AvgIpc) is 2.74. The maximum absolute atomic E-state index is 5.57. The van der Waals surface area contributed by atoms with Gasteiger partial charge in [-0.3, -0.25) is 0 Å². The van der Waals surface area contributed by atoms with E-state index < -0.39 is 0 Å². The highest BCUT2D eigenvalue weighted by Gasteiger charge is 2.05. The molecule has 0 saturated heterocycles. The van der Waals surface area contributed by atoms with E-state index >= 15 is 0 Å². The van der Waals surface area contributed by atoms with Crippen LogP contribution < -0.4 is 5.32 Å². The van der Waals surface area contributed by atoms with Crippen LogP contribution in [-0.4, -0.2) is 4.98 Å². The summed E-state index contributed by atoms with van der Waals surface area (Å²) in [4.78, 5) is 4.35. The highest BCUT2D eigenvalue weighted by molar-refractivity contribution is 5.75. The Labute approximate surface area is 99.1 Å². The molecule has 0 aliphatic rings. The van der Waals surface area contributed by atoms with Crippen molar-refractivity contribution in [2.75, 3.05) is 5.32 Å². The molecule has 3 aromatic rings. The summed E-state index contributed by atoms with van der Waals surface area (Å²) in [5.74, 6) is 0. The molecule has 83 valence electrons. The van der Waals surface area contributed by atoms with E-state index in [4.69, 9.17) is 4.42 Å². The molecule has 0 aliphatic heterocycles. The van der Waals surface area contributed by atoms with Crippen LogP contribution >= 0.6 is 0 Å². The van der Waals surface area contributed by atoms with E-state index in [-0.39, 0.29) is 0 Å². The minimum absolute atomic E-state index is 0.508. The van der Waals surface area contributed by atoms with E-state index in [1.54, 1.807) is 6.07 Å². The third-order valence-electron chi connectivity index (χ3n) is 2.62. The van der Waals surface area contributed by atoms with Crippen LogP contribution in [0.1, 0.15) is 5.56 Å². The molecule has 0 fully saturated rings. The first kappa shape index (κ1) is 9.90. The molecular weight excluding hydrogens is 212 g/mol. The first-order chi connectivity index (χ1) is 8.33. The molecular formula is C14H11N2O. The number of anilines is 2. The molecule has 0 atom stereocenters. The van der Waals surface area contributed by atoms with Gasteiger partial charge >= 0.3 is 0 Å². The van der Waals surface area contributed by atoms with Crippen LogP contribution in [0.25, 0.3) is 11.1 Å². The second kappa shape index (κ2) is 3.94. The lowest BCUT2D eigenvalue weighted by Crippen LogP contribution is -1.92. The van der Waals surface area contributed by atoms with Crippen molar-refractivity contribution in [1.82, 2.24) is 4.98 Å². The molecule has 0 saturated carbocycles. The van der Waals surface area contributed by atoms with E-state index in [0.717, 1.165) is 22.4 Å². The lowest BCUT2D eigenvalue weighted by molar-refractivity contribution is 0.623. The van der Waals surface area contributed by atoms with Gasteiger partial charge in [0, 0.05) is 5.69 Å². The first-order valence-electron chi connectivity index (χ1n) is 5.42. The van der Waals surface area contributed by atoms with E-state index in [9.17, 15) is 0 Å². The van der Waals surface area contributed by atoms with Crippen LogP contribution in [-0.2, 0) is 0 Å². The SMILES string of the molecule is Cc1ccccc1Nc1nc2cc[c]cc2o1. The number of rotatable bonds is 2. The zero-order valence-corrected chi connectivity index (χ0v) is 9.40. The van der Waals surface area contributed by atoms with Crippen molar-refractivity contribution in [3.63, 3.8) is 0 Å². The Balaban J connectivity index is 1.98. The number of hydrogen-bond donors (Lipinski definition) is 1. The monoisotopic (exact) mass is 223 g/mol. The van der Waals surface area contributed by atoms with Crippen molar-refractivity contribution in [1.29, 1.82) is 0 Å². The number of para-hydroxylation sites is 1. The Kier molecular flexibility index (Phi) is 2.29. The highest BCUT2D eigenvalue weighted by Crippen LogP contribution is 2.23. The summed E-state index contributed by atoms with van der Waals surface area (Å²) in [5.41, 5.74) is 3.73. The molecule has 3 rings (SSSR count). The van der Waals surface area contributed by atoms with Crippen molar-refractivity contribution >= 4 is 22.8 Å². The van der Waals surface area contributed by atoms with Gasteiger partial charge in [0.05, 0.1) is 0 Å². The summed E-state index contributed by atoms with van der Waals surface area (Å²) < 4.78 is 5.57. The molecule has 3 heteroatoms. The summed E-state index contributed by atoms with van der Waals surface area (Å²) in [7, 11) is 0. The Morgan fingerprint density at radius 2 is 2.12 bits per heavy atom. The fourth-order valence-corrected chi connectivity index (χ4v) is 1.70. The molecule has 0 bridgehead atoms. The summed E-state index contributed by atoms with van der Waals surface area (Å²) in [6.07, 6.45) is 0. The summed E-state index contributed by atoms with van der Waals surface area (Å²) >= 11 is 0. The maximum Gasteiger partial charge on any atom is 0.300 e. The predicted octanol–water partition coefficient (Wildman–Crippen LogP) is 3.68. The van der Waals surface area contributed by atoms with Gasteiger partial charge in [0.1, 0.15) is 5.52 Å². The normalized spacial score (nSPS) is 10.6. The van der Waals surface area contributed by atoms with Crippen LogP contribution in [0.3, 0.4) is 0 Å². The molecule has 1 N–H and O–H groups in total. The Morgan fingerprint density at radius 3 is 2.94 bits per heavy atom. The summed E-state index contributed by atoms with van der Waals surface area (Å²) in [6, 6.07) is 17.0. The number of nitrogens with one attached hydrogen (secondary N) is 1. The number of hydrogen-bond acceptors (Lipinski definition) is 3. The number of fused-ring (bicyclic) bond motifs is 1. The number of benzene rings is 2. The zero-order chi connectivity index (χ0) is 11.7. The third-order valence-corrected chi connectivity index (χ3v) is 2.62. The van der Waals surface area contributed by atoms with Crippen molar-refractivity contribution in [2.45, 2.75) is 6.92 Å². The third kappa shape index (κ3) is 1.87. The molecule has 0 aliphatic carbocycles. The van der Waals surface area contributed by atoms with Gasteiger partial charge in [-0.1, -0.05) is 24.3 Å². The lowest BCUT2D eigenvalue weighted by Gasteiger charge is -2.04. The van der Waals surface area contributed by atoms with Crippen molar-refractivity contribution in [2.24, 2.45) is 0 Å². The van der Waals surface area contributed by atoms with Gasteiger partial charge in [0.25, 0.3) is 6.01 Å². The Hall–Kier alpha value is -2.29. The fourth-order valence-electron chi connectivity index (χ4n) is 1.70. The largest absolute Gasteiger partial charge is 0.423 e. The molecule has 1 radical (unpaired) electrons. The minimum atomic E-state index is 0.508. The molecule has 0 spiro atoms. The molecule has 3 nitrogen and oxygen atoms in total. The minimum Gasteiger partial charge on any atom is -0.423 e. The van der Waals surface area contributed by atoms with Crippen LogP contribution in [0, 0.1) is 13.0 Å². The van der Waals surface area contributed by atoms with Gasteiger partial charge in [0.2, 0.25) is 0 Å². The number of oxazole rings is 1. The smallest absolute Gasteiger partial charge is 0.300 e. The summed E-state index contributed by atoms with van der Waals surface area (Å²) in [6.45, 7) is 2.04. The van der Waals surface area contributed by atoms with Gasteiger partial charge in [0.15, 0.2) is 5.58 Å². The second-order valence-corrected chi connectivity index (χ2v) is 3.85. The van der Waals surface area contributed by atoms with Crippen molar-refractivity contribution in [3.8, 4) is 0 Å². The Bertz CT molecular complexity index is 625. The second-order valence-electron chi connectivity index (χ2n) is 3.85. The topological polar surface area (TPSA) is 38.1 Å². The van der Waals surface area contributed by atoms with Gasteiger partial charge in [-0.15, -0.1) is 0 Å². The highest BCUT2D eigenvalue weighted by atomic mass is 16.4. The van der Waals surface area contributed by atoms with Crippen LogP contribution in [0.4, 0.5) is 11.7 Å². The van der Waals surface area contributed by atoms with Gasteiger partial charge < -0.3 is 9.73 Å². The number of aryl methyl sites for hydroxylation is 1. The van der Waals surface area contributed by atoms with E-state index in [2.05, 4.69) is 16.4 Å². The molecule has 17 heavy (non-hydrogen) atoms. The Morgan fingerprint density at radius 1 is 1.24 bits per heavy atom. The maximum atomic E-state index is 5.57. The molecule has 0 amide bonds. The standard InChI is InChI=1S/C14H11N2O/c1-10-6-2-3-7-11(10)15-14-16-12-8-4-5-9-13(12)17-14/h2-4,6-9H,1H3,(H,15,16). The van der Waals surface area contributed by atoms with Crippen molar-refractivity contribution < 1.29 is 4.42 Å². The van der Waals surface area contributed by atoms with Gasteiger partial charge in [-0.2, -0.15) is 4.98 Å². The van der Waals surface area contributed by atoms with E-state index in [1.165, 1.54) is 0 Å². The molecule has 1 heterocycles. The van der Waals surface area contributed by atoms with Crippen LogP contribution in [0.5, 0.6) is 0 Å². The fraction of sp³-hybridized carbons (Fsp3) is 0.0714. The van der Waals surface area contributed by atoms with Crippen LogP contribution in [0.15, 0.2) is 46.9 Å². The van der Waals surface area contributed by atoms with Gasteiger partial charge in [-0.05, 0) is 36.8 Å². The summed E-state index contributed by atoms with van der Waals surface area (Å²) in [5, 5.41) is 3.17. The van der Waals surface area contributed by atoms with Crippen molar-refractivity contribution in [3.05, 3.63) is 54.1 Å². The molecule has 2 aromatic carbocycles.